The van der Waals surface area contributed by atoms with E-state index in [1.807, 2.05) is 47.8 Å². The van der Waals surface area contributed by atoms with E-state index in [0.29, 0.717) is 12.0 Å². The van der Waals surface area contributed by atoms with Crippen molar-refractivity contribution in [2.75, 3.05) is 0 Å². The topological polar surface area (TPSA) is 77.8 Å². The molecule has 0 aliphatic carbocycles. The van der Waals surface area contributed by atoms with Gasteiger partial charge in [-0.05, 0) is 41.1 Å². The van der Waals surface area contributed by atoms with E-state index in [-0.39, 0.29) is 30.1 Å². The third kappa shape index (κ3) is 4.00. The van der Waals surface area contributed by atoms with Gasteiger partial charge in [-0.2, -0.15) is 0 Å². The number of Topliss-reactive ketones (excluding diaryl/α,β-unsaturated/α-hetero) is 1. The molecule has 6 heteroatoms. The Morgan fingerprint density at radius 2 is 1.80 bits per heavy atom. The number of carbonyl (C=O) groups excluding carboxylic acids is 2. The van der Waals surface area contributed by atoms with Crippen LogP contribution in [0.3, 0.4) is 0 Å². The van der Waals surface area contributed by atoms with E-state index < -0.39 is 17.7 Å². The number of phenolic OH excluding ortho intramolecular Hbond substituents is 1. The molecular formula is C24H21NO4S. The summed E-state index contributed by atoms with van der Waals surface area (Å²) in [6.45, 7) is 0.274. The van der Waals surface area contributed by atoms with Crippen LogP contribution < -0.4 is 0 Å². The van der Waals surface area contributed by atoms with Crippen molar-refractivity contribution in [1.82, 2.24) is 4.90 Å². The van der Waals surface area contributed by atoms with E-state index in [1.165, 1.54) is 28.4 Å². The predicted octanol–water partition coefficient (Wildman–Crippen LogP) is 4.55. The number of nitrogens with zero attached hydrogens (tertiary/aromatic N) is 1. The molecule has 0 spiro atoms. The van der Waals surface area contributed by atoms with Gasteiger partial charge in [-0.25, -0.2) is 0 Å². The van der Waals surface area contributed by atoms with Crippen molar-refractivity contribution in [2.24, 2.45) is 0 Å². The number of amides is 1. The summed E-state index contributed by atoms with van der Waals surface area (Å²) in [5.74, 6) is -1.30. The molecule has 1 aromatic heterocycles. The maximum atomic E-state index is 13.1. The molecule has 152 valence electrons. The lowest BCUT2D eigenvalue weighted by molar-refractivity contribution is -0.130. The van der Waals surface area contributed by atoms with E-state index in [9.17, 15) is 19.8 Å². The lowest BCUT2D eigenvalue weighted by Gasteiger charge is -2.26. The summed E-state index contributed by atoms with van der Waals surface area (Å²) >= 11 is 1.50. The largest absolute Gasteiger partial charge is 0.508 e. The summed E-state index contributed by atoms with van der Waals surface area (Å²) in [5, 5.41) is 22.5. The Hall–Kier alpha value is -3.38. The number of aliphatic hydroxyl groups is 1. The number of hydrogen-bond donors (Lipinski definition) is 2. The van der Waals surface area contributed by atoms with Gasteiger partial charge in [0.2, 0.25) is 0 Å². The van der Waals surface area contributed by atoms with Crippen LogP contribution in [0.4, 0.5) is 0 Å². The van der Waals surface area contributed by atoms with Crippen LogP contribution in [0.5, 0.6) is 5.75 Å². The van der Waals surface area contributed by atoms with Gasteiger partial charge in [0.1, 0.15) is 5.75 Å². The molecule has 1 aliphatic heterocycles. The number of benzene rings is 2. The molecule has 0 fully saturated rings. The predicted molar refractivity (Wildman–Crippen MR) is 115 cm³/mol. The smallest absolute Gasteiger partial charge is 0.290 e. The first kappa shape index (κ1) is 19.9. The Kier molecular flexibility index (Phi) is 5.68. The van der Waals surface area contributed by atoms with E-state index in [0.717, 1.165) is 10.4 Å². The van der Waals surface area contributed by atoms with Gasteiger partial charge >= 0.3 is 0 Å². The summed E-state index contributed by atoms with van der Waals surface area (Å²) < 4.78 is 0. The minimum absolute atomic E-state index is 0.0403. The van der Waals surface area contributed by atoms with Crippen LogP contribution in [0.15, 0.2) is 83.4 Å². The number of carbonyl (C=O) groups is 2. The highest BCUT2D eigenvalue weighted by molar-refractivity contribution is 7.09. The molecule has 3 aromatic rings. The van der Waals surface area contributed by atoms with Crippen molar-refractivity contribution in [3.63, 3.8) is 0 Å². The quantitative estimate of drug-likeness (QED) is 0.589. The number of thiophene rings is 1. The molecular weight excluding hydrogens is 398 g/mol. The number of rotatable bonds is 7. The fraction of sp³-hybridized carbons (Fsp3) is 0.167. The van der Waals surface area contributed by atoms with Gasteiger partial charge in [0.05, 0.1) is 18.2 Å². The molecule has 1 unspecified atom stereocenters. The molecule has 5 nitrogen and oxygen atoms in total. The Bertz CT molecular complexity index is 1090. The monoisotopic (exact) mass is 419 g/mol. The maximum absolute atomic E-state index is 13.1. The highest BCUT2D eigenvalue weighted by Gasteiger charge is 2.43. The van der Waals surface area contributed by atoms with Crippen molar-refractivity contribution in [2.45, 2.75) is 25.4 Å². The van der Waals surface area contributed by atoms with E-state index in [2.05, 4.69) is 0 Å². The third-order valence-electron chi connectivity index (χ3n) is 5.18. The lowest BCUT2D eigenvalue weighted by atomic mass is 9.93. The summed E-state index contributed by atoms with van der Waals surface area (Å²) in [7, 11) is 0. The molecule has 1 aliphatic rings. The summed E-state index contributed by atoms with van der Waals surface area (Å²) in [6, 6.07) is 19.2. The number of hydrogen-bond acceptors (Lipinski definition) is 5. The summed E-state index contributed by atoms with van der Waals surface area (Å²) in [4.78, 5) is 28.5. The molecule has 2 aromatic carbocycles. The van der Waals surface area contributed by atoms with Crippen LogP contribution in [0.2, 0.25) is 0 Å². The molecule has 0 radical (unpaired) electrons. The van der Waals surface area contributed by atoms with Gasteiger partial charge in [-0.15, -0.1) is 11.3 Å². The average Bonchev–Trinajstić information content (AvgIpc) is 3.35. The fourth-order valence-electron chi connectivity index (χ4n) is 3.75. The third-order valence-corrected chi connectivity index (χ3v) is 6.04. The van der Waals surface area contributed by atoms with E-state index in [4.69, 9.17) is 0 Å². The van der Waals surface area contributed by atoms with Gasteiger partial charge in [0.25, 0.3) is 5.91 Å². The number of phenols is 1. The second-order valence-electron chi connectivity index (χ2n) is 7.18. The SMILES string of the molecule is O=C(CCc1ccccc1)C1=C(O)C(=O)N(Cc2cccs2)C1c1cccc(O)c1. The van der Waals surface area contributed by atoms with Crippen LogP contribution >= 0.6 is 11.3 Å². The number of ketones is 1. The van der Waals surface area contributed by atoms with Crippen LogP contribution in [0, 0.1) is 0 Å². The zero-order valence-corrected chi connectivity index (χ0v) is 17.0. The second-order valence-corrected chi connectivity index (χ2v) is 8.21. The van der Waals surface area contributed by atoms with Crippen molar-refractivity contribution in [1.29, 1.82) is 0 Å². The molecule has 0 saturated carbocycles. The molecule has 0 saturated heterocycles. The fourth-order valence-corrected chi connectivity index (χ4v) is 4.45. The van der Waals surface area contributed by atoms with Crippen molar-refractivity contribution in [3.8, 4) is 5.75 Å². The molecule has 2 heterocycles. The Balaban J connectivity index is 1.66. The van der Waals surface area contributed by atoms with Gasteiger partial charge in [0, 0.05) is 11.3 Å². The second kappa shape index (κ2) is 8.55. The van der Waals surface area contributed by atoms with Crippen LogP contribution in [0.25, 0.3) is 0 Å². The number of aliphatic hydroxyl groups excluding tert-OH is 1. The molecule has 1 amide bonds. The highest BCUT2D eigenvalue weighted by atomic mass is 32.1. The van der Waals surface area contributed by atoms with Crippen molar-refractivity contribution >= 4 is 23.0 Å². The maximum Gasteiger partial charge on any atom is 0.290 e. The summed E-state index contributed by atoms with van der Waals surface area (Å²) in [5.41, 5.74) is 1.70. The van der Waals surface area contributed by atoms with Gasteiger partial charge < -0.3 is 15.1 Å². The molecule has 0 bridgehead atoms. The highest BCUT2D eigenvalue weighted by Crippen LogP contribution is 2.40. The first-order valence-electron chi connectivity index (χ1n) is 9.67. The van der Waals surface area contributed by atoms with Crippen LogP contribution in [-0.4, -0.2) is 26.8 Å². The molecule has 30 heavy (non-hydrogen) atoms. The summed E-state index contributed by atoms with van der Waals surface area (Å²) in [6.07, 6.45) is 0.696. The van der Waals surface area contributed by atoms with Crippen LogP contribution in [-0.2, 0) is 22.6 Å². The lowest BCUT2D eigenvalue weighted by Crippen LogP contribution is -2.30. The molecule has 2 N–H and O–H groups in total. The normalized spacial score (nSPS) is 16.3. The van der Waals surface area contributed by atoms with Gasteiger partial charge in [0.15, 0.2) is 11.5 Å². The Morgan fingerprint density at radius 1 is 1.00 bits per heavy atom. The molecule has 1 atom stereocenters. The number of aryl methyl sites for hydroxylation is 1. The zero-order chi connectivity index (χ0) is 21.1. The van der Waals surface area contributed by atoms with E-state index in [1.54, 1.807) is 12.1 Å². The van der Waals surface area contributed by atoms with E-state index >= 15 is 0 Å². The first-order valence-corrected chi connectivity index (χ1v) is 10.5. The standard InChI is InChI=1S/C24H21NO4S/c26-18-9-4-8-17(14-18)22-21(20(27)12-11-16-6-2-1-3-7-16)23(28)24(29)25(22)15-19-10-5-13-30-19/h1-10,13-14,22,26,28H,11-12,15H2. The zero-order valence-electron chi connectivity index (χ0n) is 16.2. The number of aromatic hydroxyl groups is 1. The van der Waals surface area contributed by atoms with Crippen molar-refractivity contribution < 1.29 is 19.8 Å². The Labute approximate surface area is 178 Å². The molecule has 4 rings (SSSR count). The Morgan fingerprint density at radius 3 is 2.50 bits per heavy atom. The minimum Gasteiger partial charge on any atom is -0.508 e. The van der Waals surface area contributed by atoms with Gasteiger partial charge in [-0.1, -0.05) is 48.5 Å². The van der Waals surface area contributed by atoms with Gasteiger partial charge in [-0.3, -0.25) is 9.59 Å². The average molecular weight is 420 g/mol. The minimum atomic E-state index is -0.741. The van der Waals surface area contributed by atoms with Crippen molar-refractivity contribution in [3.05, 3.63) is 99.4 Å². The van der Waals surface area contributed by atoms with Crippen LogP contribution in [0.1, 0.15) is 28.5 Å². The first-order chi connectivity index (χ1) is 14.5.